The number of anilines is 1. The van der Waals surface area contributed by atoms with Crippen molar-refractivity contribution in [3.8, 4) is 5.75 Å². The van der Waals surface area contributed by atoms with Crippen LogP contribution in [0, 0.1) is 13.8 Å². The number of ether oxygens (including phenoxy) is 1. The van der Waals surface area contributed by atoms with Crippen molar-refractivity contribution >= 4 is 51.4 Å². The van der Waals surface area contributed by atoms with Crippen molar-refractivity contribution in [2.75, 3.05) is 19.0 Å². The number of amides is 3. The van der Waals surface area contributed by atoms with Crippen LogP contribution in [0.15, 0.2) is 59.5 Å². The minimum absolute atomic E-state index is 0.254. The van der Waals surface area contributed by atoms with Gasteiger partial charge in [0, 0.05) is 11.3 Å². The van der Waals surface area contributed by atoms with Crippen LogP contribution in [-0.4, -0.2) is 35.6 Å². The van der Waals surface area contributed by atoms with Crippen molar-refractivity contribution in [3.05, 3.63) is 76.2 Å². The average molecular weight is 447 g/mol. The van der Waals surface area contributed by atoms with Gasteiger partial charge in [-0.1, -0.05) is 48.5 Å². The number of methoxy groups -OCH3 is 1. The van der Waals surface area contributed by atoms with Gasteiger partial charge in [0.15, 0.2) is 0 Å². The van der Waals surface area contributed by atoms with Gasteiger partial charge in [-0.2, -0.15) is 0 Å². The number of hydrogen-bond acceptors (Lipinski definition) is 5. The fourth-order valence-corrected chi connectivity index (χ4v) is 4.52. The molecule has 7 heteroatoms. The summed E-state index contributed by atoms with van der Waals surface area (Å²) in [7, 11) is 1.56. The normalized spacial score (nSPS) is 15.0. The molecule has 162 valence electrons. The van der Waals surface area contributed by atoms with Crippen LogP contribution in [0.1, 0.15) is 16.7 Å². The zero-order valence-corrected chi connectivity index (χ0v) is 18.8. The average Bonchev–Trinajstić information content (AvgIpc) is 3.04. The van der Waals surface area contributed by atoms with Crippen LogP contribution in [0.2, 0.25) is 0 Å². The van der Waals surface area contributed by atoms with E-state index in [2.05, 4.69) is 5.32 Å². The maximum absolute atomic E-state index is 13.0. The molecule has 1 fully saturated rings. The molecule has 1 aliphatic rings. The number of aryl methyl sites for hydroxylation is 2. The number of carbonyl (C=O) groups excluding carboxylic acids is 3. The lowest BCUT2D eigenvalue weighted by Gasteiger charge is -2.15. The SMILES string of the molecule is COc1ccc2ccccc2c1/C=C1/SC(=O)N(CC(=O)Nc2c(C)cccc2C)C1=O. The third-order valence-corrected chi connectivity index (χ3v) is 6.25. The molecule has 4 rings (SSSR count). The highest BCUT2D eigenvalue weighted by Crippen LogP contribution is 2.36. The van der Waals surface area contributed by atoms with Crippen LogP contribution in [0.5, 0.6) is 5.75 Å². The second-order valence-electron chi connectivity index (χ2n) is 7.49. The first kappa shape index (κ1) is 21.6. The first-order valence-electron chi connectivity index (χ1n) is 10.1. The highest BCUT2D eigenvalue weighted by atomic mass is 32.2. The number of nitrogens with one attached hydrogen (secondary N) is 1. The lowest BCUT2D eigenvalue weighted by Crippen LogP contribution is -2.36. The van der Waals surface area contributed by atoms with Gasteiger partial charge < -0.3 is 10.1 Å². The second-order valence-corrected chi connectivity index (χ2v) is 8.48. The number of carbonyl (C=O) groups is 3. The lowest BCUT2D eigenvalue weighted by molar-refractivity contribution is -0.127. The summed E-state index contributed by atoms with van der Waals surface area (Å²) in [6.07, 6.45) is 1.66. The highest BCUT2D eigenvalue weighted by Gasteiger charge is 2.36. The fraction of sp³-hybridized carbons (Fsp3) is 0.160. The predicted octanol–water partition coefficient (Wildman–Crippen LogP) is 5.14. The molecule has 3 aromatic carbocycles. The monoisotopic (exact) mass is 446 g/mol. The fourth-order valence-electron chi connectivity index (χ4n) is 3.70. The Morgan fingerprint density at radius 1 is 1.03 bits per heavy atom. The molecule has 0 unspecified atom stereocenters. The molecule has 6 nitrogen and oxygen atoms in total. The van der Waals surface area contributed by atoms with Crippen LogP contribution >= 0.6 is 11.8 Å². The third-order valence-electron chi connectivity index (χ3n) is 5.35. The molecule has 3 amide bonds. The second kappa shape index (κ2) is 8.88. The Hall–Kier alpha value is -3.58. The minimum atomic E-state index is -0.494. The zero-order valence-electron chi connectivity index (χ0n) is 18.0. The van der Waals surface area contributed by atoms with Crippen LogP contribution in [0.3, 0.4) is 0 Å². The standard InChI is InChI=1S/C25H22N2O4S/c1-15-7-6-8-16(2)23(15)26-22(28)14-27-24(29)21(32-25(27)30)13-19-18-10-5-4-9-17(18)11-12-20(19)31-3/h4-13H,14H2,1-3H3,(H,26,28)/b21-13+. The van der Waals surface area contributed by atoms with Crippen molar-refractivity contribution in [1.29, 1.82) is 0 Å². The quantitative estimate of drug-likeness (QED) is 0.549. The molecular formula is C25H22N2O4S. The maximum atomic E-state index is 13.0. The Balaban J connectivity index is 1.59. The maximum Gasteiger partial charge on any atom is 0.294 e. The summed E-state index contributed by atoms with van der Waals surface area (Å²) in [5.74, 6) is -0.316. The molecule has 0 spiro atoms. The van der Waals surface area contributed by atoms with Gasteiger partial charge in [0.05, 0.1) is 12.0 Å². The zero-order chi connectivity index (χ0) is 22.8. The number of rotatable bonds is 5. The number of hydrogen-bond donors (Lipinski definition) is 1. The van der Waals surface area contributed by atoms with Crippen LogP contribution in [0.4, 0.5) is 10.5 Å². The topological polar surface area (TPSA) is 75.7 Å². The molecule has 0 aliphatic carbocycles. The van der Waals surface area contributed by atoms with Gasteiger partial charge in [0.1, 0.15) is 12.3 Å². The first-order valence-corrected chi connectivity index (χ1v) is 10.9. The van der Waals surface area contributed by atoms with Gasteiger partial charge in [0.25, 0.3) is 11.1 Å². The van der Waals surface area contributed by atoms with Gasteiger partial charge >= 0.3 is 0 Å². The molecule has 1 N–H and O–H groups in total. The van der Waals surface area contributed by atoms with E-state index in [1.54, 1.807) is 13.2 Å². The van der Waals surface area contributed by atoms with Crippen molar-refractivity contribution in [2.45, 2.75) is 13.8 Å². The molecule has 0 saturated carbocycles. The summed E-state index contributed by atoms with van der Waals surface area (Å²) in [6, 6.07) is 17.2. The van der Waals surface area contributed by atoms with Crippen molar-refractivity contribution in [1.82, 2.24) is 4.90 Å². The van der Waals surface area contributed by atoms with Crippen molar-refractivity contribution in [3.63, 3.8) is 0 Å². The van der Waals surface area contributed by atoms with E-state index < -0.39 is 17.1 Å². The summed E-state index contributed by atoms with van der Waals surface area (Å²) in [6.45, 7) is 3.44. The summed E-state index contributed by atoms with van der Waals surface area (Å²) < 4.78 is 5.48. The summed E-state index contributed by atoms with van der Waals surface area (Å²) in [4.78, 5) is 39.3. The Morgan fingerprint density at radius 2 is 1.75 bits per heavy atom. The lowest BCUT2D eigenvalue weighted by atomic mass is 10.0. The number of imide groups is 1. The van der Waals surface area contributed by atoms with E-state index in [4.69, 9.17) is 4.74 Å². The molecule has 0 atom stereocenters. The summed E-state index contributed by atoms with van der Waals surface area (Å²) >= 11 is 0.822. The molecule has 1 heterocycles. The van der Waals surface area contributed by atoms with Crippen molar-refractivity contribution in [2.24, 2.45) is 0 Å². The molecule has 1 saturated heterocycles. The minimum Gasteiger partial charge on any atom is -0.496 e. The van der Waals surface area contributed by atoms with E-state index in [9.17, 15) is 14.4 Å². The van der Waals surface area contributed by atoms with Gasteiger partial charge in [-0.25, -0.2) is 0 Å². The van der Waals surface area contributed by atoms with E-state index in [0.29, 0.717) is 11.4 Å². The Labute approximate surface area is 190 Å². The number of nitrogens with zero attached hydrogens (tertiary/aromatic N) is 1. The van der Waals surface area contributed by atoms with Crippen LogP contribution in [-0.2, 0) is 9.59 Å². The van der Waals surface area contributed by atoms with E-state index in [1.807, 2.05) is 68.4 Å². The molecule has 0 radical (unpaired) electrons. The van der Waals surface area contributed by atoms with Gasteiger partial charge in [0.2, 0.25) is 5.91 Å². The highest BCUT2D eigenvalue weighted by molar-refractivity contribution is 8.18. The first-order chi connectivity index (χ1) is 15.4. The number of para-hydroxylation sites is 1. The number of fused-ring (bicyclic) bond motifs is 1. The largest absolute Gasteiger partial charge is 0.496 e. The van der Waals surface area contributed by atoms with Gasteiger partial charge in [-0.05, 0) is 59.7 Å². The van der Waals surface area contributed by atoms with Crippen molar-refractivity contribution < 1.29 is 19.1 Å². The number of thioether (sulfide) groups is 1. The Bertz CT molecular complexity index is 1260. The molecule has 32 heavy (non-hydrogen) atoms. The van der Waals surface area contributed by atoms with E-state index >= 15 is 0 Å². The Morgan fingerprint density at radius 3 is 2.47 bits per heavy atom. The molecule has 0 aromatic heterocycles. The van der Waals surface area contributed by atoms with E-state index in [1.165, 1.54) is 0 Å². The summed E-state index contributed by atoms with van der Waals surface area (Å²) in [5, 5.41) is 4.25. The molecule has 0 bridgehead atoms. The smallest absolute Gasteiger partial charge is 0.294 e. The predicted molar refractivity (Wildman–Crippen MR) is 128 cm³/mol. The molecule has 3 aromatic rings. The molecule has 1 aliphatic heterocycles. The Kier molecular flexibility index (Phi) is 6.01. The van der Waals surface area contributed by atoms with Crippen LogP contribution < -0.4 is 10.1 Å². The van der Waals surface area contributed by atoms with E-state index in [-0.39, 0.29) is 11.4 Å². The van der Waals surface area contributed by atoms with Gasteiger partial charge in [-0.15, -0.1) is 0 Å². The molecular weight excluding hydrogens is 424 g/mol. The third kappa shape index (κ3) is 4.11. The van der Waals surface area contributed by atoms with E-state index in [0.717, 1.165) is 44.1 Å². The van der Waals surface area contributed by atoms with Crippen LogP contribution in [0.25, 0.3) is 16.8 Å². The van der Waals surface area contributed by atoms with Gasteiger partial charge in [-0.3, -0.25) is 19.3 Å². The summed E-state index contributed by atoms with van der Waals surface area (Å²) in [5.41, 5.74) is 3.24. The number of benzene rings is 3.